The molecule has 2 atom stereocenters. The second-order valence-electron chi connectivity index (χ2n) is 6.74. The number of carbonyl (C=O) groups excluding carboxylic acids is 2. The van der Waals surface area contributed by atoms with E-state index in [0.29, 0.717) is 0 Å². The van der Waals surface area contributed by atoms with E-state index in [9.17, 15) is 31.5 Å². The summed E-state index contributed by atoms with van der Waals surface area (Å²) in [5.74, 6) is -1.28. The van der Waals surface area contributed by atoms with Crippen LogP contribution in [0.1, 0.15) is 23.0 Å². The molecule has 166 valence electrons. The van der Waals surface area contributed by atoms with Gasteiger partial charge >= 0.3 is 12.2 Å². The summed E-state index contributed by atoms with van der Waals surface area (Å²) < 4.78 is 66.3. The first-order valence-electron chi connectivity index (χ1n) is 8.99. The zero-order valence-corrected chi connectivity index (χ0v) is 16.5. The monoisotopic (exact) mass is 462 g/mol. The van der Waals surface area contributed by atoms with Crippen molar-refractivity contribution in [2.24, 2.45) is 0 Å². The van der Waals surface area contributed by atoms with Crippen LogP contribution in [0.4, 0.5) is 26.7 Å². The molecule has 0 bridgehead atoms. The lowest BCUT2D eigenvalue weighted by Gasteiger charge is -2.35. The zero-order valence-electron chi connectivity index (χ0n) is 15.7. The summed E-state index contributed by atoms with van der Waals surface area (Å²) in [4.78, 5) is 29.0. The molecule has 1 fully saturated rings. The molecule has 1 aliphatic heterocycles. The molecule has 2 heterocycles. The van der Waals surface area contributed by atoms with Crippen LogP contribution in [0.3, 0.4) is 0 Å². The van der Waals surface area contributed by atoms with Gasteiger partial charge in [-0.25, -0.2) is 18.6 Å². The molecule has 3 amide bonds. The van der Waals surface area contributed by atoms with Crippen LogP contribution in [0.15, 0.2) is 36.4 Å². The molecule has 1 aromatic heterocycles. The summed E-state index contributed by atoms with van der Waals surface area (Å²) in [7, 11) is 0. The molecule has 2 N–H and O–H groups in total. The standard InChI is InChI=1S/C19H16ClF5N4O2/c20-12-6-10(4-5-13(12)22)17(14-2-1-3-15(27-14)19(23,24)25)28-18(31)29-9-16(30)26-8-11(29)7-21/h1-6,11,17H,7-9H2,(H,26,30)(H,28,31)/t11-,17+/m1/s1. The first kappa shape index (κ1) is 22.7. The van der Waals surface area contributed by atoms with Crippen molar-refractivity contribution in [3.05, 3.63) is 64.2 Å². The van der Waals surface area contributed by atoms with Gasteiger partial charge in [0.2, 0.25) is 5.91 Å². The fourth-order valence-corrected chi connectivity index (χ4v) is 3.24. The van der Waals surface area contributed by atoms with Gasteiger partial charge in [0.1, 0.15) is 24.7 Å². The van der Waals surface area contributed by atoms with E-state index in [2.05, 4.69) is 15.6 Å². The van der Waals surface area contributed by atoms with E-state index in [1.807, 2.05) is 0 Å². The molecule has 1 aliphatic rings. The predicted octanol–water partition coefficient (Wildman–Crippen LogP) is 3.46. The molecule has 0 unspecified atom stereocenters. The summed E-state index contributed by atoms with van der Waals surface area (Å²) in [5.41, 5.74) is -1.26. The van der Waals surface area contributed by atoms with E-state index in [4.69, 9.17) is 11.6 Å². The maximum absolute atomic E-state index is 13.6. The molecule has 31 heavy (non-hydrogen) atoms. The number of rotatable bonds is 4. The Hall–Kier alpha value is -2.95. The van der Waals surface area contributed by atoms with Gasteiger partial charge in [0.25, 0.3) is 0 Å². The summed E-state index contributed by atoms with van der Waals surface area (Å²) in [5, 5.41) is 4.57. The molecule has 2 aromatic rings. The fraction of sp³-hybridized carbons (Fsp3) is 0.316. The Balaban J connectivity index is 1.99. The maximum atomic E-state index is 13.6. The predicted molar refractivity (Wildman–Crippen MR) is 101 cm³/mol. The third-order valence-corrected chi connectivity index (χ3v) is 4.92. The molecular formula is C19H16ClF5N4O2. The number of piperazine rings is 1. The van der Waals surface area contributed by atoms with Gasteiger partial charge in [0.05, 0.1) is 22.8 Å². The SMILES string of the molecule is O=C1CN(C(=O)N[C@@H](c2ccc(F)c(Cl)c2)c2cccc(C(F)(F)F)n2)[C@H](CF)CN1. The lowest BCUT2D eigenvalue weighted by atomic mass is 10.0. The van der Waals surface area contributed by atoms with E-state index >= 15 is 0 Å². The van der Waals surface area contributed by atoms with E-state index < -0.39 is 54.9 Å². The molecule has 0 radical (unpaired) electrons. The van der Waals surface area contributed by atoms with Crippen LogP contribution in [0.2, 0.25) is 5.02 Å². The Bertz CT molecular complexity index is 988. The highest BCUT2D eigenvalue weighted by atomic mass is 35.5. The number of amides is 3. The number of aromatic nitrogens is 1. The molecule has 0 saturated carbocycles. The number of pyridine rings is 1. The molecule has 3 rings (SSSR count). The summed E-state index contributed by atoms with van der Waals surface area (Å²) in [6.07, 6.45) is -4.74. The smallest absolute Gasteiger partial charge is 0.352 e. The third kappa shape index (κ3) is 5.22. The third-order valence-electron chi connectivity index (χ3n) is 4.63. The van der Waals surface area contributed by atoms with Crippen molar-refractivity contribution < 1.29 is 31.5 Å². The van der Waals surface area contributed by atoms with E-state index in [1.165, 1.54) is 12.1 Å². The van der Waals surface area contributed by atoms with E-state index in [1.54, 1.807) is 0 Å². The second kappa shape index (κ2) is 9.04. The minimum absolute atomic E-state index is 0.113. The van der Waals surface area contributed by atoms with E-state index in [0.717, 1.165) is 29.2 Å². The van der Waals surface area contributed by atoms with Crippen LogP contribution in [0, 0.1) is 5.82 Å². The van der Waals surface area contributed by atoms with Crippen LogP contribution < -0.4 is 10.6 Å². The van der Waals surface area contributed by atoms with Crippen LogP contribution in [0.25, 0.3) is 0 Å². The van der Waals surface area contributed by atoms with Gasteiger partial charge in [0, 0.05) is 6.54 Å². The van der Waals surface area contributed by atoms with Gasteiger partial charge in [-0.15, -0.1) is 0 Å². The summed E-state index contributed by atoms with van der Waals surface area (Å²) in [6.45, 7) is -1.49. The summed E-state index contributed by atoms with van der Waals surface area (Å²) >= 11 is 5.80. The second-order valence-corrected chi connectivity index (χ2v) is 7.15. The van der Waals surface area contributed by atoms with Crippen molar-refractivity contribution in [3.8, 4) is 0 Å². The lowest BCUT2D eigenvalue weighted by molar-refractivity contribution is -0.141. The van der Waals surface area contributed by atoms with Gasteiger partial charge in [0.15, 0.2) is 0 Å². The van der Waals surface area contributed by atoms with Crippen LogP contribution in [-0.4, -0.2) is 47.6 Å². The fourth-order valence-electron chi connectivity index (χ4n) is 3.05. The van der Waals surface area contributed by atoms with Crippen molar-refractivity contribution in [2.75, 3.05) is 19.8 Å². The molecular weight excluding hydrogens is 447 g/mol. The normalized spacial score (nSPS) is 17.8. The van der Waals surface area contributed by atoms with E-state index in [-0.39, 0.29) is 22.8 Å². The molecule has 12 heteroatoms. The first-order valence-corrected chi connectivity index (χ1v) is 9.37. The van der Waals surface area contributed by atoms with Crippen molar-refractivity contribution in [2.45, 2.75) is 18.3 Å². The number of benzene rings is 1. The topological polar surface area (TPSA) is 74.3 Å². The number of alkyl halides is 4. The molecule has 0 spiro atoms. The Morgan fingerprint density at radius 3 is 2.71 bits per heavy atom. The maximum Gasteiger partial charge on any atom is 0.433 e. The van der Waals surface area contributed by atoms with Gasteiger partial charge in [-0.05, 0) is 29.8 Å². The van der Waals surface area contributed by atoms with Crippen LogP contribution in [0.5, 0.6) is 0 Å². The Labute approximate surface area is 178 Å². The van der Waals surface area contributed by atoms with Gasteiger partial charge in [-0.1, -0.05) is 23.7 Å². The van der Waals surface area contributed by atoms with Crippen molar-refractivity contribution in [1.29, 1.82) is 0 Å². The lowest BCUT2D eigenvalue weighted by Crippen LogP contribution is -2.59. The molecule has 1 aromatic carbocycles. The molecule has 1 saturated heterocycles. The Kier molecular flexibility index (Phi) is 6.63. The largest absolute Gasteiger partial charge is 0.433 e. The number of carbonyl (C=O) groups is 2. The van der Waals surface area contributed by atoms with Gasteiger partial charge in [-0.3, -0.25) is 4.79 Å². The molecule has 6 nitrogen and oxygen atoms in total. The first-order chi connectivity index (χ1) is 14.6. The minimum atomic E-state index is -4.74. The average molecular weight is 463 g/mol. The number of hydrogen-bond acceptors (Lipinski definition) is 3. The quantitative estimate of drug-likeness (QED) is 0.683. The molecule has 0 aliphatic carbocycles. The van der Waals surface area contributed by atoms with Crippen molar-refractivity contribution >= 4 is 23.5 Å². The zero-order chi connectivity index (χ0) is 22.8. The summed E-state index contributed by atoms with van der Waals surface area (Å²) in [6, 6.07) is 3.33. The van der Waals surface area contributed by atoms with Crippen molar-refractivity contribution in [3.63, 3.8) is 0 Å². The van der Waals surface area contributed by atoms with Crippen LogP contribution >= 0.6 is 11.6 Å². The Morgan fingerprint density at radius 1 is 1.32 bits per heavy atom. The van der Waals surface area contributed by atoms with Crippen LogP contribution in [-0.2, 0) is 11.0 Å². The minimum Gasteiger partial charge on any atom is -0.352 e. The number of urea groups is 1. The number of halogens is 6. The Morgan fingerprint density at radius 2 is 2.06 bits per heavy atom. The van der Waals surface area contributed by atoms with Gasteiger partial charge in [-0.2, -0.15) is 13.2 Å². The van der Waals surface area contributed by atoms with Gasteiger partial charge < -0.3 is 15.5 Å². The highest BCUT2D eigenvalue weighted by Gasteiger charge is 2.35. The highest BCUT2D eigenvalue weighted by Crippen LogP contribution is 2.31. The highest BCUT2D eigenvalue weighted by molar-refractivity contribution is 6.30. The number of hydrogen-bond donors (Lipinski definition) is 2. The van der Waals surface area contributed by atoms with Crippen molar-refractivity contribution in [1.82, 2.24) is 20.5 Å². The number of nitrogens with zero attached hydrogens (tertiary/aromatic N) is 2. The average Bonchev–Trinajstić information content (AvgIpc) is 2.73. The number of nitrogens with one attached hydrogen (secondary N) is 2.